The van der Waals surface area contributed by atoms with Crippen molar-refractivity contribution in [2.24, 2.45) is 0 Å². The molecule has 0 bridgehead atoms. The highest BCUT2D eigenvalue weighted by Gasteiger charge is 2.26. The first-order valence-corrected chi connectivity index (χ1v) is 8.68. The molecule has 0 radical (unpaired) electrons. The van der Waals surface area contributed by atoms with Crippen LogP contribution in [0.4, 0.5) is 0 Å². The van der Waals surface area contributed by atoms with Crippen molar-refractivity contribution in [3.8, 4) is 5.75 Å². The van der Waals surface area contributed by atoms with E-state index >= 15 is 0 Å². The van der Waals surface area contributed by atoms with Crippen LogP contribution in [-0.4, -0.2) is 20.0 Å². The van der Waals surface area contributed by atoms with Crippen LogP contribution in [0.1, 0.15) is 11.3 Å². The number of hydrogen-bond acceptors (Lipinski definition) is 5. The fraction of sp³-hybridized carbons (Fsp3) is 0.250. The molecule has 0 saturated heterocycles. The van der Waals surface area contributed by atoms with Gasteiger partial charge in [-0.3, -0.25) is 0 Å². The summed E-state index contributed by atoms with van der Waals surface area (Å²) in [6.07, 6.45) is 0.671. The Hall–Kier alpha value is -1.15. The smallest absolute Gasteiger partial charge is 0.244 e. The van der Waals surface area contributed by atoms with Crippen LogP contribution in [-0.2, 0) is 23.0 Å². The van der Waals surface area contributed by atoms with Crippen molar-refractivity contribution in [3.63, 3.8) is 0 Å². The van der Waals surface area contributed by atoms with E-state index in [4.69, 9.17) is 16.3 Å². The molecule has 20 heavy (non-hydrogen) atoms. The predicted molar refractivity (Wildman–Crippen MR) is 76.8 cm³/mol. The van der Waals surface area contributed by atoms with E-state index in [1.807, 2.05) is 0 Å². The molecule has 0 spiro atoms. The van der Waals surface area contributed by atoms with Crippen LogP contribution in [0.5, 0.6) is 5.75 Å². The van der Waals surface area contributed by atoms with E-state index in [-0.39, 0.29) is 11.4 Å². The van der Waals surface area contributed by atoms with Crippen molar-refractivity contribution in [2.45, 2.75) is 17.9 Å². The minimum Gasteiger partial charge on any atom is -0.492 e. The topological polar surface area (TPSA) is 68.3 Å². The molecule has 1 aromatic heterocycles. The fourth-order valence-corrected chi connectivity index (χ4v) is 4.08. The number of hydrogen-bond donors (Lipinski definition) is 1. The van der Waals surface area contributed by atoms with Gasteiger partial charge in [0.05, 0.1) is 24.4 Å². The Morgan fingerprint density at radius 3 is 3.05 bits per heavy atom. The highest BCUT2D eigenvalue weighted by molar-refractivity contribution is 7.89. The van der Waals surface area contributed by atoms with Crippen molar-refractivity contribution in [3.05, 3.63) is 39.3 Å². The molecule has 8 heteroatoms. The second-order valence-electron chi connectivity index (χ2n) is 4.29. The lowest BCUT2D eigenvalue weighted by molar-refractivity contribution is 0.348. The van der Waals surface area contributed by atoms with E-state index in [0.29, 0.717) is 29.5 Å². The standard InChI is InChI=1S/C12H11ClN2O3S2/c13-9-3-8-1-2-18-12(8)11(4-9)20(16,17)15-5-10-6-19-7-14-10/h3-4,6-7,15H,1-2,5H2. The number of ether oxygens (including phenoxy) is 1. The van der Waals surface area contributed by atoms with Crippen LogP contribution in [0, 0.1) is 0 Å². The number of nitrogens with one attached hydrogen (secondary N) is 1. The fourth-order valence-electron chi connectivity index (χ4n) is 2.01. The Bertz CT molecular complexity index is 729. The highest BCUT2D eigenvalue weighted by Crippen LogP contribution is 2.35. The van der Waals surface area contributed by atoms with E-state index in [1.165, 1.54) is 17.4 Å². The summed E-state index contributed by atoms with van der Waals surface area (Å²) < 4.78 is 32.7. The second-order valence-corrected chi connectivity index (χ2v) is 7.19. The Balaban J connectivity index is 1.91. The molecule has 1 N–H and O–H groups in total. The SMILES string of the molecule is O=S(=O)(NCc1cscn1)c1cc(Cl)cc2c1OCC2. The Morgan fingerprint density at radius 1 is 1.45 bits per heavy atom. The van der Waals surface area contributed by atoms with Gasteiger partial charge in [0, 0.05) is 22.4 Å². The van der Waals surface area contributed by atoms with Crippen molar-refractivity contribution in [1.29, 1.82) is 0 Å². The van der Waals surface area contributed by atoms with Crippen molar-refractivity contribution >= 4 is 33.0 Å². The summed E-state index contributed by atoms with van der Waals surface area (Å²) in [5, 5.41) is 2.19. The lowest BCUT2D eigenvalue weighted by atomic mass is 10.2. The van der Waals surface area contributed by atoms with Gasteiger partial charge in [0.25, 0.3) is 0 Å². The van der Waals surface area contributed by atoms with Crippen molar-refractivity contribution in [1.82, 2.24) is 9.71 Å². The molecule has 106 valence electrons. The van der Waals surface area contributed by atoms with Gasteiger partial charge in [0.2, 0.25) is 10.0 Å². The molecule has 1 aliphatic rings. The Morgan fingerprint density at radius 2 is 2.30 bits per heavy atom. The van der Waals surface area contributed by atoms with Crippen molar-refractivity contribution in [2.75, 3.05) is 6.61 Å². The van der Waals surface area contributed by atoms with Gasteiger partial charge in [-0.05, 0) is 12.1 Å². The Labute approximate surface area is 125 Å². The molecule has 1 aliphatic heterocycles. The van der Waals surface area contributed by atoms with E-state index < -0.39 is 10.0 Å². The third kappa shape index (κ3) is 2.67. The maximum absolute atomic E-state index is 12.4. The first kappa shape index (κ1) is 13.8. The molecular weight excluding hydrogens is 320 g/mol. The maximum atomic E-state index is 12.4. The summed E-state index contributed by atoms with van der Waals surface area (Å²) in [6, 6.07) is 3.15. The number of thiazole rings is 1. The summed E-state index contributed by atoms with van der Waals surface area (Å²) in [4.78, 5) is 4.13. The number of sulfonamides is 1. The summed E-state index contributed by atoms with van der Waals surface area (Å²) in [5.74, 6) is 0.403. The van der Waals surface area contributed by atoms with Gasteiger partial charge in [-0.15, -0.1) is 11.3 Å². The second kappa shape index (κ2) is 5.33. The van der Waals surface area contributed by atoms with Gasteiger partial charge in [0.15, 0.2) is 0 Å². The van der Waals surface area contributed by atoms with Gasteiger partial charge in [-0.2, -0.15) is 0 Å². The molecule has 0 fully saturated rings. The zero-order valence-electron chi connectivity index (χ0n) is 10.3. The Kier molecular flexibility index (Phi) is 3.68. The summed E-state index contributed by atoms with van der Waals surface area (Å²) in [7, 11) is -3.68. The summed E-state index contributed by atoms with van der Waals surface area (Å²) in [6.45, 7) is 0.622. The van der Waals surface area contributed by atoms with E-state index in [1.54, 1.807) is 17.0 Å². The molecule has 0 amide bonds. The minimum absolute atomic E-state index is 0.0905. The van der Waals surface area contributed by atoms with Crippen LogP contribution in [0.3, 0.4) is 0 Å². The van der Waals surface area contributed by atoms with Crippen LogP contribution in [0.15, 0.2) is 27.9 Å². The summed E-state index contributed by atoms with van der Waals surface area (Å²) >= 11 is 7.39. The lowest BCUT2D eigenvalue weighted by Crippen LogP contribution is -2.24. The van der Waals surface area contributed by atoms with Gasteiger partial charge in [-0.1, -0.05) is 11.6 Å². The number of fused-ring (bicyclic) bond motifs is 1. The van der Waals surface area contributed by atoms with E-state index in [9.17, 15) is 8.42 Å². The molecule has 0 saturated carbocycles. The molecule has 0 atom stereocenters. The monoisotopic (exact) mass is 330 g/mol. The quantitative estimate of drug-likeness (QED) is 0.933. The van der Waals surface area contributed by atoms with Gasteiger partial charge >= 0.3 is 0 Å². The zero-order valence-corrected chi connectivity index (χ0v) is 12.7. The number of nitrogens with zero attached hydrogens (tertiary/aromatic N) is 1. The number of rotatable bonds is 4. The maximum Gasteiger partial charge on any atom is 0.244 e. The van der Waals surface area contributed by atoms with E-state index in [0.717, 1.165) is 5.56 Å². The number of benzene rings is 1. The lowest BCUT2D eigenvalue weighted by Gasteiger charge is -2.10. The largest absolute Gasteiger partial charge is 0.492 e. The highest BCUT2D eigenvalue weighted by atomic mass is 35.5. The normalized spacial score (nSPS) is 14.1. The van der Waals surface area contributed by atoms with Crippen molar-refractivity contribution < 1.29 is 13.2 Å². The minimum atomic E-state index is -3.68. The molecule has 0 unspecified atom stereocenters. The molecule has 2 aromatic rings. The first-order valence-electron chi connectivity index (χ1n) is 5.88. The molecule has 2 heterocycles. The number of halogens is 1. The van der Waals surface area contributed by atoms with E-state index in [2.05, 4.69) is 9.71 Å². The average molecular weight is 331 g/mol. The molecular formula is C12H11ClN2O3S2. The zero-order chi connectivity index (χ0) is 14.2. The van der Waals surface area contributed by atoms with Gasteiger partial charge < -0.3 is 4.74 Å². The number of aromatic nitrogens is 1. The summed E-state index contributed by atoms with van der Waals surface area (Å²) in [5.41, 5.74) is 3.16. The van der Waals surface area contributed by atoms with Crippen LogP contribution in [0.25, 0.3) is 0 Å². The third-order valence-electron chi connectivity index (χ3n) is 2.93. The average Bonchev–Trinajstić information content (AvgIpc) is 3.06. The molecule has 3 rings (SSSR count). The molecule has 1 aromatic carbocycles. The van der Waals surface area contributed by atoms with Gasteiger partial charge in [0.1, 0.15) is 10.6 Å². The molecule has 5 nitrogen and oxygen atoms in total. The molecule has 0 aliphatic carbocycles. The van der Waals surface area contributed by atoms with Crippen LogP contribution < -0.4 is 9.46 Å². The first-order chi connectivity index (χ1) is 9.56. The predicted octanol–water partition coefficient (Wildman–Crippen LogP) is 2.21. The van der Waals surface area contributed by atoms with Crippen LogP contribution in [0.2, 0.25) is 5.02 Å². The third-order valence-corrected chi connectivity index (χ3v) is 5.19. The van der Waals surface area contributed by atoms with Gasteiger partial charge in [-0.25, -0.2) is 18.1 Å². The van der Waals surface area contributed by atoms with Crippen LogP contribution >= 0.6 is 22.9 Å².